The van der Waals surface area contributed by atoms with E-state index in [1.807, 2.05) is 72.8 Å². The van der Waals surface area contributed by atoms with Gasteiger partial charge in [-0.05, 0) is 80.9 Å². The van der Waals surface area contributed by atoms with Crippen LogP contribution >= 0.6 is 0 Å². The number of aromatic nitrogens is 4. The van der Waals surface area contributed by atoms with Gasteiger partial charge in [0.1, 0.15) is 16.7 Å². The van der Waals surface area contributed by atoms with Crippen LogP contribution in [0.1, 0.15) is 0 Å². The van der Waals surface area contributed by atoms with Crippen LogP contribution in [-0.4, -0.2) is 19.9 Å². The molecule has 0 unspecified atom stereocenters. The van der Waals surface area contributed by atoms with Crippen molar-refractivity contribution in [3.63, 3.8) is 0 Å². The van der Waals surface area contributed by atoms with E-state index in [9.17, 15) is 0 Å². The lowest BCUT2D eigenvalue weighted by Crippen LogP contribution is -2.01. The number of rotatable bonds is 6. The molecule has 6 nitrogen and oxygen atoms in total. The first-order valence-electron chi connectivity index (χ1n) is 20.0. The van der Waals surface area contributed by atoms with Crippen molar-refractivity contribution in [1.29, 1.82) is 0 Å². The van der Waals surface area contributed by atoms with Gasteiger partial charge in [0.2, 0.25) is 5.89 Å². The molecule has 3 heterocycles. The molecule has 0 radical (unpaired) electrons. The summed E-state index contributed by atoms with van der Waals surface area (Å²) < 4.78 is 12.9. The first kappa shape index (κ1) is 33.9. The number of furan rings is 1. The summed E-state index contributed by atoms with van der Waals surface area (Å²) in [7, 11) is 0. The Morgan fingerprint density at radius 2 is 0.933 bits per heavy atom. The van der Waals surface area contributed by atoms with Gasteiger partial charge in [-0.15, -0.1) is 0 Å². The summed E-state index contributed by atoms with van der Waals surface area (Å²) in [6.07, 6.45) is 0. The zero-order valence-electron chi connectivity index (χ0n) is 32.1. The maximum Gasteiger partial charge on any atom is 0.227 e. The summed E-state index contributed by atoms with van der Waals surface area (Å²) in [5.74, 6) is 2.35. The highest BCUT2D eigenvalue weighted by molar-refractivity contribution is 6.14. The Morgan fingerprint density at radius 3 is 1.75 bits per heavy atom. The first-order valence-corrected chi connectivity index (χ1v) is 20.0. The second-order valence-electron chi connectivity index (χ2n) is 15.0. The Bertz CT molecular complexity index is 3610. The molecule has 0 aliphatic rings. The van der Waals surface area contributed by atoms with Crippen LogP contribution in [0.4, 0.5) is 0 Å². The van der Waals surface area contributed by atoms with E-state index in [4.69, 9.17) is 28.8 Å². The van der Waals surface area contributed by atoms with Crippen LogP contribution in [0.2, 0.25) is 0 Å². The molecule has 0 aliphatic carbocycles. The van der Waals surface area contributed by atoms with E-state index in [1.54, 1.807) is 0 Å². The van der Waals surface area contributed by atoms with E-state index in [2.05, 4.69) is 121 Å². The fourth-order valence-electron chi connectivity index (χ4n) is 8.51. The molecule has 12 aromatic rings. The van der Waals surface area contributed by atoms with Gasteiger partial charge in [-0.2, -0.15) is 0 Å². The number of fused-ring (bicyclic) bond motifs is 7. The van der Waals surface area contributed by atoms with Gasteiger partial charge in [0.05, 0.1) is 0 Å². The lowest BCUT2D eigenvalue weighted by atomic mass is 9.93. The molecule has 0 bridgehead atoms. The molecule has 60 heavy (non-hydrogen) atoms. The SMILES string of the molecule is c1ccc(-c2nc3ccc4cccc(-c5cccc6cc(-c7nc(-c8ccc9c(c8)oc8ccccc89)nc(-c8ccccc8-c8ccccc8)n7)ccc56)c4c3o2)cc1. The van der Waals surface area contributed by atoms with Gasteiger partial charge in [0.25, 0.3) is 0 Å². The van der Waals surface area contributed by atoms with E-state index < -0.39 is 0 Å². The van der Waals surface area contributed by atoms with Crippen molar-refractivity contribution in [1.82, 2.24) is 19.9 Å². The van der Waals surface area contributed by atoms with Gasteiger partial charge in [0.15, 0.2) is 23.1 Å². The van der Waals surface area contributed by atoms with Crippen molar-refractivity contribution in [3.05, 3.63) is 194 Å². The Hall–Kier alpha value is -8.22. The molecule has 0 N–H and O–H groups in total. The van der Waals surface area contributed by atoms with Gasteiger partial charge in [-0.3, -0.25) is 0 Å². The third-order valence-electron chi connectivity index (χ3n) is 11.4. The standard InChI is InChI=1S/C54H32N4O2/c1-3-13-33(14-4-1)39-19-7-8-21-45(39)53-57-51(56-52(58-53)38-26-29-43-42-20-9-10-24-47(42)59-48(43)32-38)37-25-28-40-36(31-37)18-12-22-41(40)44-23-11-17-34-27-30-46-50(49(34)44)60-54(55-46)35-15-5-2-6-16-35/h1-32H. The number of para-hydroxylation sites is 1. The van der Waals surface area contributed by atoms with Crippen molar-refractivity contribution in [2.24, 2.45) is 0 Å². The number of hydrogen-bond acceptors (Lipinski definition) is 6. The smallest absolute Gasteiger partial charge is 0.227 e. The fourth-order valence-corrected chi connectivity index (χ4v) is 8.51. The van der Waals surface area contributed by atoms with E-state index in [0.29, 0.717) is 23.4 Å². The average Bonchev–Trinajstić information content (AvgIpc) is 3.93. The normalized spacial score (nSPS) is 11.7. The van der Waals surface area contributed by atoms with Gasteiger partial charge in [0, 0.05) is 38.4 Å². The van der Waals surface area contributed by atoms with Crippen LogP contribution < -0.4 is 0 Å². The zero-order valence-corrected chi connectivity index (χ0v) is 32.1. The predicted molar refractivity (Wildman–Crippen MR) is 242 cm³/mol. The molecule has 6 heteroatoms. The Labute approximate surface area is 344 Å². The first-order chi connectivity index (χ1) is 29.7. The van der Waals surface area contributed by atoms with Crippen molar-refractivity contribution in [2.45, 2.75) is 0 Å². The van der Waals surface area contributed by atoms with Crippen LogP contribution in [0.3, 0.4) is 0 Å². The van der Waals surface area contributed by atoms with Gasteiger partial charge < -0.3 is 8.83 Å². The molecule has 280 valence electrons. The molecule has 0 saturated carbocycles. The Balaban J connectivity index is 1.02. The average molecular weight is 769 g/mol. The lowest BCUT2D eigenvalue weighted by molar-refractivity contribution is 0.623. The quantitative estimate of drug-likeness (QED) is 0.168. The summed E-state index contributed by atoms with van der Waals surface area (Å²) in [4.78, 5) is 20.4. The molecule has 3 aromatic heterocycles. The molecule has 12 rings (SSSR count). The largest absolute Gasteiger partial charge is 0.456 e. The summed E-state index contributed by atoms with van der Waals surface area (Å²) in [5, 5.41) is 6.42. The van der Waals surface area contributed by atoms with Gasteiger partial charge in [-0.25, -0.2) is 19.9 Å². The number of benzene rings is 9. The summed E-state index contributed by atoms with van der Waals surface area (Å²) in [6, 6.07) is 66.5. The van der Waals surface area contributed by atoms with Crippen LogP contribution in [0.15, 0.2) is 203 Å². The van der Waals surface area contributed by atoms with Crippen molar-refractivity contribution >= 4 is 54.6 Å². The van der Waals surface area contributed by atoms with E-state index in [1.165, 1.54) is 0 Å². The van der Waals surface area contributed by atoms with Crippen LogP contribution in [0, 0.1) is 0 Å². The van der Waals surface area contributed by atoms with Crippen LogP contribution in [-0.2, 0) is 0 Å². The number of nitrogens with zero attached hydrogens (tertiary/aromatic N) is 4. The zero-order chi connectivity index (χ0) is 39.6. The monoisotopic (exact) mass is 768 g/mol. The van der Waals surface area contributed by atoms with Crippen molar-refractivity contribution in [3.8, 4) is 67.9 Å². The third-order valence-corrected chi connectivity index (χ3v) is 11.4. The second kappa shape index (κ2) is 13.7. The molecule has 0 saturated heterocycles. The summed E-state index contributed by atoms with van der Waals surface area (Å²) in [5.41, 5.74) is 11.1. The van der Waals surface area contributed by atoms with Crippen molar-refractivity contribution in [2.75, 3.05) is 0 Å². The third kappa shape index (κ3) is 5.65. The predicted octanol–water partition coefficient (Wildman–Crippen LogP) is 14.2. The molecule has 0 aliphatic heterocycles. The van der Waals surface area contributed by atoms with E-state index in [-0.39, 0.29) is 0 Å². The number of hydrogen-bond donors (Lipinski definition) is 0. The molecular weight excluding hydrogens is 737 g/mol. The summed E-state index contributed by atoms with van der Waals surface area (Å²) in [6.45, 7) is 0. The van der Waals surface area contributed by atoms with Crippen LogP contribution in [0.25, 0.3) is 122 Å². The minimum Gasteiger partial charge on any atom is -0.456 e. The van der Waals surface area contributed by atoms with Crippen LogP contribution in [0.5, 0.6) is 0 Å². The second-order valence-corrected chi connectivity index (χ2v) is 15.0. The Kier molecular flexibility index (Phi) is 7.74. The minimum atomic E-state index is 0.566. The van der Waals surface area contributed by atoms with Gasteiger partial charge in [-0.1, -0.05) is 152 Å². The molecule has 0 fully saturated rings. The highest BCUT2D eigenvalue weighted by atomic mass is 16.3. The maximum absolute atomic E-state index is 6.55. The molecule has 0 amide bonds. The molecule has 0 atom stereocenters. The van der Waals surface area contributed by atoms with E-state index >= 15 is 0 Å². The van der Waals surface area contributed by atoms with Gasteiger partial charge >= 0.3 is 0 Å². The Morgan fingerprint density at radius 1 is 0.317 bits per heavy atom. The fraction of sp³-hybridized carbons (Fsp3) is 0. The minimum absolute atomic E-state index is 0.566. The molecule has 0 spiro atoms. The lowest BCUT2D eigenvalue weighted by Gasteiger charge is -2.13. The van der Waals surface area contributed by atoms with Crippen molar-refractivity contribution < 1.29 is 8.83 Å². The highest BCUT2D eigenvalue weighted by Crippen LogP contribution is 2.41. The van der Waals surface area contributed by atoms with E-state index in [0.717, 1.165) is 99.1 Å². The highest BCUT2D eigenvalue weighted by Gasteiger charge is 2.19. The molecular formula is C54H32N4O2. The topological polar surface area (TPSA) is 77.8 Å². The number of oxazole rings is 1. The molecule has 9 aromatic carbocycles. The maximum atomic E-state index is 6.55. The summed E-state index contributed by atoms with van der Waals surface area (Å²) >= 11 is 0.